The molecule has 0 aliphatic carbocycles. The number of rotatable bonds is 6. The number of hydrogen-bond acceptors (Lipinski definition) is 4. The van der Waals surface area contributed by atoms with Gasteiger partial charge in [-0.1, -0.05) is 24.3 Å². The van der Waals surface area contributed by atoms with E-state index in [2.05, 4.69) is 10.4 Å². The summed E-state index contributed by atoms with van der Waals surface area (Å²) in [6.07, 6.45) is 2.71. The van der Waals surface area contributed by atoms with Crippen LogP contribution in [-0.2, 0) is 11.3 Å². The van der Waals surface area contributed by atoms with Crippen molar-refractivity contribution in [3.05, 3.63) is 72.4 Å². The predicted octanol–water partition coefficient (Wildman–Crippen LogP) is 3.96. The number of carbonyl (C=O) groups excluding carboxylic acids is 1. The number of nitrogens with zero attached hydrogens (tertiary/aromatic N) is 2. The smallest absolute Gasteiger partial charge is 0.256 e. The van der Waals surface area contributed by atoms with Gasteiger partial charge in [-0.25, -0.2) is 4.68 Å². The monoisotopic (exact) mass is 363 g/mol. The summed E-state index contributed by atoms with van der Waals surface area (Å²) in [4.78, 5) is 12.7. The van der Waals surface area contributed by atoms with Crippen molar-refractivity contribution < 1.29 is 14.3 Å². The summed E-state index contributed by atoms with van der Waals surface area (Å²) in [5.41, 5.74) is 0.528. The Morgan fingerprint density at radius 2 is 2.00 bits per heavy atom. The molecule has 2 aromatic carbocycles. The predicted molar refractivity (Wildman–Crippen MR) is 102 cm³/mol. The third-order valence-electron chi connectivity index (χ3n) is 4.49. The first kappa shape index (κ1) is 17.3. The number of benzene rings is 2. The van der Waals surface area contributed by atoms with Gasteiger partial charge < -0.3 is 14.8 Å². The summed E-state index contributed by atoms with van der Waals surface area (Å²) in [6, 6.07) is 18.4. The van der Waals surface area contributed by atoms with Crippen molar-refractivity contribution in [2.45, 2.75) is 13.0 Å². The van der Waals surface area contributed by atoms with Crippen LogP contribution >= 0.6 is 0 Å². The Bertz CT molecular complexity index is 902. The highest BCUT2D eigenvalue weighted by atomic mass is 16.5. The molecule has 138 valence electrons. The first-order valence-electron chi connectivity index (χ1n) is 9.02. The van der Waals surface area contributed by atoms with Gasteiger partial charge in [-0.2, -0.15) is 5.10 Å². The Hall–Kier alpha value is -3.12. The quantitative estimate of drug-likeness (QED) is 0.720. The molecule has 0 radical (unpaired) electrons. The highest BCUT2D eigenvalue weighted by Gasteiger charge is 2.18. The molecule has 1 N–H and O–H groups in total. The van der Waals surface area contributed by atoms with E-state index in [1.165, 1.54) is 0 Å². The van der Waals surface area contributed by atoms with Crippen molar-refractivity contribution in [3.8, 4) is 11.5 Å². The van der Waals surface area contributed by atoms with Crippen molar-refractivity contribution >= 4 is 11.7 Å². The summed E-state index contributed by atoms with van der Waals surface area (Å²) < 4.78 is 13.0. The summed E-state index contributed by atoms with van der Waals surface area (Å²) >= 11 is 0. The van der Waals surface area contributed by atoms with Crippen LogP contribution in [0, 0.1) is 5.92 Å². The van der Waals surface area contributed by atoms with E-state index in [9.17, 15) is 4.79 Å². The average molecular weight is 363 g/mol. The molecule has 0 saturated carbocycles. The molecule has 27 heavy (non-hydrogen) atoms. The molecule has 6 heteroatoms. The molecule has 1 aliphatic rings. The van der Waals surface area contributed by atoms with Crippen LogP contribution in [-0.4, -0.2) is 28.9 Å². The van der Waals surface area contributed by atoms with Gasteiger partial charge in [0.25, 0.3) is 5.91 Å². The third kappa shape index (κ3) is 4.35. The number of aromatic nitrogens is 2. The Balaban J connectivity index is 1.44. The lowest BCUT2D eigenvalue weighted by Gasteiger charge is -2.12. The van der Waals surface area contributed by atoms with Crippen LogP contribution in [0.1, 0.15) is 16.8 Å². The molecular weight excluding hydrogens is 342 g/mol. The average Bonchev–Trinajstić information content (AvgIpc) is 3.36. The van der Waals surface area contributed by atoms with Crippen LogP contribution in [0.5, 0.6) is 11.5 Å². The molecule has 1 fully saturated rings. The van der Waals surface area contributed by atoms with Crippen molar-refractivity contribution in [1.82, 2.24) is 9.78 Å². The van der Waals surface area contributed by atoms with E-state index < -0.39 is 0 Å². The van der Waals surface area contributed by atoms with E-state index in [1.54, 1.807) is 30.5 Å². The molecule has 0 bridgehead atoms. The molecule has 1 saturated heterocycles. The summed E-state index contributed by atoms with van der Waals surface area (Å²) in [5.74, 6) is 2.26. The molecule has 1 amide bonds. The van der Waals surface area contributed by atoms with E-state index >= 15 is 0 Å². The lowest BCUT2D eigenvalue weighted by molar-refractivity contribution is 0.102. The molecule has 1 aliphatic heterocycles. The molecule has 1 atom stereocenters. The van der Waals surface area contributed by atoms with E-state index in [4.69, 9.17) is 9.47 Å². The van der Waals surface area contributed by atoms with Crippen molar-refractivity contribution in [1.29, 1.82) is 0 Å². The Kier molecular flexibility index (Phi) is 5.16. The molecule has 2 heterocycles. The standard InChI is InChI=1S/C21H21N3O3/c25-21(23-20-9-11-22-24(20)14-16-10-12-26-15-16)17-5-4-8-19(13-17)27-18-6-2-1-3-7-18/h1-9,11,13,16H,10,12,14-15H2,(H,23,25)/t16-/m1/s1. The molecule has 0 spiro atoms. The fourth-order valence-corrected chi connectivity index (χ4v) is 3.07. The summed E-state index contributed by atoms with van der Waals surface area (Å²) in [5, 5.41) is 7.26. The minimum Gasteiger partial charge on any atom is -0.457 e. The topological polar surface area (TPSA) is 65.4 Å². The fourth-order valence-electron chi connectivity index (χ4n) is 3.07. The van der Waals surface area contributed by atoms with E-state index in [1.807, 2.05) is 41.1 Å². The number of carbonyl (C=O) groups is 1. The minimum atomic E-state index is -0.196. The lowest BCUT2D eigenvalue weighted by atomic mass is 10.1. The van der Waals surface area contributed by atoms with Gasteiger partial charge in [-0.15, -0.1) is 0 Å². The van der Waals surface area contributed by atoms with Gasteiger partial charge in [-0.3, -0.25) is 4.79 Å². The van der Waals surface area contributed by atoms with Gasteiger partial charge in [-0.05, 0) is 36.8 Å². The molecule has 6 nitrogen and oxygen atoms in total. The van der Waals surface area contributed by atoms with Crippen LogP contribution in [0.25, 0.3) is 0 Å². The third-order valence-corrected chi connectivity index (χ3v) is 4.49. The molecule has 0 unspecified atom stereocenters. The van der Waals surface area contributed by atoms with Gasteiger partial charge in [0.05, 0.1) is 12.8 Å². The van der Waals surface area contributed by atoms with Crippen LogP contribution < -0.4 is 10.1 Å². The van der Waals surface area contributed by atoms with Gasteiger partial charge in [0, 0.05) is 30.7 Å². The Labute approximate surface area is 157 Å². The van der Waals surface area contributed by atoms with Crippen molar-refractivity contribution in [3.63, 3.8) is 0 Å². The second-order valence-electron chi connectivity index (χ2n) is 6.53. The molecular formula is C21H21N3O3. The van der Waals surface area contributed by atoms with Gasteiger partial charge >= 0.3 is 0 Å². The summed E-state index contributed by atoms with van der Waals surface area (Å²) in [7, 11) is 0. The van der Waals surface area contributed by atoms with E-state index in [0.29, 0.717) is 23.0 Å². The maximum atomic E-state index is 12.7. The second kappa shape index (κ2) is 8.05. The largest absolute Gasteiger partial charge is 0.457 e. The van der Waals surface area contributed by atoms with Crippen LogP contribution in [0.15, 0.2) is 66.9 Å². The van der Waals surface area contributed by atoms with Gasteiger partial charge in [0.2, 0.25) is 0 Å². The van der Waals surface area contributed by atoms with Gasteiger partial charge in [0.1, 0.15) is 17.3 Å². The number of nitrogens with one attached hydrogen (secondary N) is 1. The molecule has 3 aromatic rings. The lowest BCUT2D eigenvalue weighted by Crippen LogP contribution is -2.18. The zero-order valence-electron chi connectivity index (χ0n) is 14.9. The van der Waals surface area contributed by atoms with Crippen LogP contribution in [0.2, 0.25) is 0 Å². The highest BCUT2D eigenvalue weighted by molar-refractivity contribution is 6.04. The summed E-state index contributed by atoms with van der Waals surface area (Å²) in [6.45, 7) is 2.27. The fraction of sp³-hybridized carbons (Fsp3) is 0.238. The number of amides is 1. The molecule has 1 aromatic heterocycles. The number of para-hydroxylation sites is 1. The van der Waals surface area contributed by atoms with Gasteiger partial charge in [0.15, 0.2) is 0 Å². The Morgan fingerprint density at radius 1 is 1.15 bits per heavy atom. The first-order valence-corrected chi connectivity index (χ1v) is 9.02. The first-order chi connectivity index (χ1) is 13.3. The minimum absolute atomic E-state index is 0.196. The second-order valence-corrected chi connectivity index (χ2v) is 6.53. The number of hydrogen-bond donors (Lipinski definition) is 1. The zero-order valence-corrected chi connectivity index (χ0v) is 14.9. The number of ether oxygens (including phenoxy) is 2. The van der Waals surface area contributed by atoms with Crippen molar-refractivity contribution in [2.75, 3.05) is 18.5 Å². The SMILES string of the molecule is O=C(Nc1ccnn1C[C@H]1CCOC1)c1cccc(Oc2ccccc2)c1. The zero-order chi connectivity index (χ0) is 18.5. The van der Waals surface area contributed by atoms with Crippen LogP contribution in [0.3, 0.4) is 0 Å². The Morgan fingerprint density at radius 3 is 2.81 bits per heavy atom. The van der Waals surface area contributed by atoms with E-state index in [-0.39, 0.29) is 5.91 Å². The number of anilines is 1. The highest BCUT2D eigenvalue weighted by Crippen LogP contribution is 2.23. The molecule has 4 rings (SSSR count). The maximum absolute atomic E-state index is 12.7. The maximum Gasteiger partial charge on any atom is 0.256 e. The van der Waals surface area contributed by atoms with Crippen LogP contribution in [0.4, 0.5) is 5.82 Å². The van der Waals surface area contributed by atoms with Crippen molar-refractivity contribution in [2.24, 2.45) is 5.92 Å². The van der Waals surface area contributed by atoms with E-state index in [0.717, 1.165) is 31.9 Å². The normalized spacial score (nSPS) is 16.2.